The lowest BCUT2D eigenvalue weighted by Gasteiger charge is -2.12. The highest BCUT2D eigenvalue weighted by atomic mass is 32.1. The summed E-state index contributed by atoms with van der Waals surface area (Å²) in [6.07, 6.45) is 4.12. The molecular weight excluding hydrogens is 402 g/mol. The highest BCUT2D eigenvalue weighted by Crippen LogP contribution is 2.33. The molecule has 0 spiro atoms. The van der Waals surface area contributed by atoms with Gasteiger partial charge in [0.25, 0.3) is 5.56 Å². The molecule has 3 aromatic rings. The van der Waals surface area contributed by atoms with Gasteiger partial charge in [0.15, 0.2) is 0 Å². The Kier molecular flexibility index (Phi) is 5.67. The van der Waals surface area contributed by atoms with E-state index in [1.165, 1.54) is 9.44 Å². The molecule has 1 amide bonds. The molecule has 0 unspecified atom stereocenters. The van der Waals surface area contributed by atoms with Gasteiger partial charge in [-0.25, -0.2) is 9.78 Å². The van der Waals surface area contributed by atoms with Crippen molar-refractivity contribution < 1.29 is 14.3 Å². The quantitative estimate of drug-likeness (QED) is 0.632. The van der Waals surface area contributed by atoms with Crippen molar-refractivity contribution in [1.29, 1.82) is 0 Å². The van der Waals surface area contributed by atoms with E-state index in [0.717, 1.165) is 36.1 Å². The number of carbonyl (C=O) groups excluding carboxylic acids is 2. The van der Waals surface area contributed by atoms with E-state index in [1.807, 2.05) is 0 Å². The number of esters is 1. The fourth-order valence-corrected chi connectivity index (χ4v) is 5.07. The minimum absolute atomic E-state index is 0.113. The molecule has 0 atom stereocenters. The van der Waals surface area contributed by atoms with Crippen LogP contribution in [0.1, 0.15) is 46.4 Å². The average molecular weight is 426 g/mol. The predicted molar refractivity (Wildman–Crippen MR) is 116 cm³/mol. The summed E-state index contributed by atoms with van der Waals surface area (Å²) in [7, 11) is 0. The van der Waals surface area contributed by atoms with Crippen LogP contribution in [0, 0.1) is 6.92 Å². The SMILES string of the molecule is CCOC(=O)c1ccc(NC(=O)Cn2c(C)nc3sc4c(c3c2=O)CCCC4)cc1. The molecule has 2 aromatic heterocycles. The maximum atomic E-state index is 13.1. The first-order valence-electron chi connectivity index (χ1n) is 10.1. The zero-order chi connectivity index (χ0) is 21.3. The van der Waals surface area contributed by atoms with Crippen molar-refractivity contribution in [3.63, 3.8) is 0 Å². The normalized spacial score (nSPS) is 13.1. The van der Waals surface area contributed by atoms with Crippen LogP contribution in [0.15, 0.2) is 29.1 Å². The lowest BCUT2D eigenvalue weighted by Crippen LogP contribution is -2.30. The Labute approximate surface area is 177 Å². The predicted octanol–water partition coefficient (Wildman–Crippen LogP) is 3.46. The fraction of sp³-hybridized carbons (Fsp3) is 0.364. The zero-order valence-corrected chi connectivity index (χ0v) is 17.8. The molecule has 8 heteroatoms. The van der Waals surface area contributed by atoms with E-state index in [9.17, 15) is 14.4 Å². The lowest BCUT2D eigenvalue weighted by atomic mass is 9.97. The molecule has 156 valence electrons. The summed E-state index contributed by atoms with van der Waals surface area (Å²) >= 11 is 1.60. The van der Waals surface area contributed by atoms with Gasteiger partial charge < -0.3 is 10.1 Å². The van der Waals surface area contributed by atoms with Gasteiger partial charge in [0.1, 0.15) is 17.2 Å². The Bertz CT molecular complexity index is 1180. The van der Waals surface area contributed by atoms with Gasteiger partial charge in [0.05, 0.1) is 17.6 Å². The van der Waals surface area contributed by atoms with E-state index in [2.05, 4.69) is 10.3 Å². The van der Waals surface area contributed by atoms with Crippen molar-refractivity contribution in [2.45, 2.75) is 46.1 Å². The van der Waals surface area contributed by atoms with Crippen LogP contribution >= 0.6 is 11.3 Å². The molecule has 0 fully saturated rings. The molecule has 2 heterocycles. The van der Waals surface area contributed by atoms with Crippen LogP contribution < -0.4 is 10.9 Å². The summed E-state index contributed by atoms with van der Waals surface area (Å²) in [5.74, 6) is -0.204. The van der Waals surface area contributed by atoms with Gasteiger partial charge in [-0.05, 0) is 69.4 Å². The van der Waals surface area contributed by atoms with Gasteiger partial charge in [-0.2, -0.15) is 0 Å². The van der Waals surface area contributed by atoms with E-state index in [1.54, 1.807) is 49.4 Å². The average Bonchev–Trinajstić information content (AvgIpc) is 3.10. The van der Waals surface area contributed by atoms with Crippen molar-refractivity contribution in [2.75, 3.05) is 11.9 Å². The molecule has 0 radical (unpaired) electrons. The number of aryl methyl sites for hydroxylation is 3. The maximum absolute atomic E-state index is 13.1. The first kappa shape index (κ1) is 20.3. The third-order valence-corrected chi connectivity index (χ3v) is 6.43. The molecule has 0 aliphatic heterocycles. The van der Waals surface area contributed by atoms with Gasteiger partial charge in [0, 0.05) is 10.6 Å². The summed E-state index contributed by atoms with van der Waals surface area (Å²) < 4.78 is 6.39. The minimum atomic E-state index is -0.406. The Hall–Kier alpha value is -3.00. The molecule has 7 nitrogen and oxygen atoms in total. The molecule has 1 aliphatic rings. The Balaban J connectivity index is 1.54. The molecule has 0 saturated heterocycles. The number of anilines is 1. The zero-order valence-electron chi connectivity index (χ0n) is 17.0. The van der Waals surface area contributed by atoms with Crippen LogP contribution in [0.2, 0.25) is 0 Å². The van der Waals surface area contributed by atoms with Crippen LogP contribution in [0.4, 0.5) is 5.69 Å². The standard InChI is InChI=1S/C22H23N3O4S/c1-3-29-22(28)14-8-10-15(11-9-14)24-18(26)12-25-13(2)23-20-19(21(25)27)16-6-4-5-7-17(16)30-20/h8-11H,3-7,12H2,1-2H3,(H,24,26). The molecule has 1 aliphatic carbocycles. The molecule has 30 heavy (non-hydrogen) atoms. The van der Waals surface area contributed by atoms with Crippen molar-refractivity contribution in [1.82, 2.24) is 9.55 Å². The summed E-state index contributed by atoms with van der Waals surface area (Å²) in [5.41, 5.74) is 1.92. The van der Waals surface area contributed by atoms with Crippen molar-refractivity contribution in [2.24, 2.45) is 0 Å². The number of ether oxygens (including phenoxy) is 1. The van der Waals surface area contributed by atoms with E-state index in [4.69, 9.17) is 4.74 Å². The van der Waals surface area contributed by atoms with E-state index in [0.29, 0.717) is 29.1 Å². The highest BCUT2D eigenvalue weighted by Gasteiger charge is 2.22. The number of nitrogens with one attached hydrogen (secondary N) is 1. The molecular formula is C22H23N3O4S. The van der Waals surface area contributed by atoms with Crippen molar-refractivity contribution in [3.8, 4) is 0 Å². The third-order valence-electron chi connectivity index (χ3n) is 5.25. The second kappa shape index (κ2) is 8.39. The number of fused-ring (bicyclic) bond motifs is 3. The number of carbonyl (C=O) groups is 2. The number of amides is 1. The van der Waals surface area contributed by atoms with Crippen LogP contribution in [0.3, 0.4) is 0 Å². The fourth-order valence-electron chi connectivity index (χ4n) is 3.77. The topological polar surface area (TPSA) is 90.3 Å². The molecule has 0 bridgehead atoms. The van der Waals surface area contributed by atoms with E-state index >= 15 is 0 Å². The number of rotatable bonds is 5. The largest absolute Gasteiger partial charge is 0.462 e. The number of aromatic nitrogens is 2. The highest BCUT2D eigenvalue weighted by molar-refractivity contribution is 7.18. The van der Waals surface area contributed by atoms with Crippen molar-refractivity contribution >= 4 is 39.1 Å². The van der Waals surface area contributed by atoms with Crippen LogP contribution in [-0.2, 0) is 28.9 Å². The molecule has 0 saturated carbocycles. The first-order chi connectivity index (χ1) is 14.5. The smallest absolute Gasteiger partial charge is 0.338 e. The van der Waals surface area contributed by atoms with Gasteiger partial charge in [-0.1, -0.05) is 0 Å². The summed E-state index contributed by atoms with van der Waals surface area (Å²) in [4.78, 5) is 44.1. The van der Waals surface area contributed by atoms with Gasteiger partial charge in [-0.3, -0.25) is 14.2 Å². The lowest BCUT2D eigenvalue weighted by molar-refractivity contribution is -0.116. The first-order valence-corrected chi connectivity index (χ1v) is 10.9. The van der Waals surface area contributed by atoms with Crippen LogP contribution in [-0.4, -0.2) is 28.0 Å². The summed E-state index contributed by atoms with van der Waals surface area (Å²) in [5, 5.41) is 3.44. The van der Waals surface area contributed by atoms with E-state index < -0.39 is 5.97 Å². The molecule has 4 rings (SSSR count). The minimum Gasteiger partial charge on any atom is -0.462 e. The molecule has 1 N–H and O–H groups in total. The number of thiophene rings is 1. The van der Waals surface area contributed by atoms with E-state index in [-0.39, 0.29) is 18.0 Å². The Morgan fingerprint density at radius 1 is 1.20 bits per heavy atom. The Morgan fingerprint density at radius 3 is 2.67 bits per heavy atom. The summed E-state index contributed by atoms with van der Waals surface area (Å²) in [6.45, 7) is 3.69. The number of hydrogen-bond acceptors (Lipinski definition) is 6. The second-order valence-corrected chi connectivity index (χ2v) is 8.37. The number of nitrogens with zero attached hydrogens (tertiary/aromatic N) is 2. The van der Waals surface area contributed by atoms with Crippen LogP contribution in [0.5, 0.6) is 0 Å². The van der Waals surface area contributed by atoms with Gasteiger partial charge >= 0.3 is 5.97 Å². The summed E-state index contributed by atoms with van der Waals surface area (Å²) in [6, 6.07) is 6.46. The Morgan fingerprint density at radius 2 is 1.93 bits per heavy atom. The van der Waals surface area contributed by atoms with Gasteiger partial charge in [-0.15, -0.1) is 11.3 Å². The second-order valence-electron chi connectivity index (χ2n) is 7.29. The third kappa shape index (κ3) is 3.87. The number of benzene rings is 1. The van der Waals surface area contributed by atoms with Gasteiger partial charge in [0.2, 0.25) is 5.91 Å². The van der Waals surface area contributed by atoms with Crippen LogP contribution in [0.25, 0.3) is 10.2 Å². The number of hydrogen-bond donors (Lipinski definition) is 1. The van der Waals surface area contributed by atoms with Crippen molar-refractivity contribution in [3.05, 3.63) is 56.4 Å². The maximum Gasteiger partial charge on any atom is 0.338 e. The molecule has 1 aromatic carbocycles. The monoisotopic (exact) mass is 425 g/mol.